The highest BCUT2D eigenvalue weighted by Gasteiger charge is 2.52. The Morgan fingerprint density at radius 1 is 1.21 bits per heavy atom. The molecule has 4 rings (SSSR count). The van der Waals surface area contributed by atoms with Crippen molar-refractivity contribution in [1.82, 2.24) is 21.2 Å². The zero-order valence-corrected chi connectivity index (χ0v) is 23.4. The smallest absolute Gasteiger partial charge is 0.275 e. The van der Waals surface area contributed by atoms with Gasteiger partial charge in [-0.2, -0.15) is 5.53 Å². The highest BCUT2D eigenvalue weighted by molar-refractivity contribution is 6.47. The van der Waals surface area contributed by atoms with Gasteiger partial charge in [-0.15, -0.1) is 0 Å². The third-order valence-electron chi connectivity index (χ3n) is 8.57. The van der Waals surface area contributed by atoms with Crippen molar-refractivity contribution in [2.24, 2.45) is 22.2 Å². The molecule has 1 saturated carbocycles. The molecular weight excluding hydrogens is 500 g/mol. The fourth-order valence-corrected chi connectivity index (χ4v) is 6.01. The Morgan fingerprint density at radius 2 is 1.89 bits per heavy atom. The third kappa shape index (κ3) is 5.64. The summed E-state index contributed by atoms with van der Waals surface area (Å²) in [5, 5.41) is 3.30. The molecule has 1 spiro atoms. The molecule has 0 saturated heterocycles. The number of nitrogens with one attached hydrogen (secondary N) is 3. The summed E-state index contributed by atoms with van der Waals surface area (Å²) in [5.41, 5.74) is 7.27. The van der Waals surface area contributed by atoms with Crippen LogP contribution in [0.15, 0.2) is 53.5 Å². The van der Waals surface area contributed by atoms with Gasteiger partial charge in [0, 0.05) is 16.1 Å². The van der Waals surface area contributed by atoms with E-state index < -0.39 is 5.66 Å². The SMILES string of the molecule is CCC(C)(C)C1CCC2(CC1)N=C(c1cccc(Cl)c1)C(=O)N2[C@H](C)c1ccc(C(=O)NCNNN)cc1. The van der Waals surface area contributed by atoms with Crippen molar-refractivity contribution in [3.05, 3.63) is 70.2 Å². The summed E-state index contributed by atoms with van der Waals surface area (Å²) in [4.78, 5) is 33.6. The number of hydrazine groups is 2. The Kier molecular flexibility index (Phi) is 8.57. The van der Waals surface area contributed by atoms with E-state index in [1.165, 1.54) is 0 Å². The summed E-state index contributed by atoms with van der Waals surface area (Å²) >= 11 is 6.28. The molecule has 2 aromatic carbocycles. The maximum Gasteiger partial charge on any atom is 0.275 e. The molecule has 38 heavy (non-hydrogen) atoms. The molecule has 0 unspecified atom stereocenters. The van der Waals surface area contributed by atoms with Crippen molar-refractivity contribution in [2.75, 3.05) is 6.67 Å². The Hall–Kier alpha value is -2.78. The molecular formula is C29H39ClN6O2. The number of benzene rings is 2. The van der Waals surface area contributed by atoms with Crippen molar-refractivity contribution in [2.45, 2.75) is 71.5 Å². The van der Waals surface area contributed by atoms with Crippen LogP contribution in [-0.4, -0.2) is 34.8 Å². The fourth-order valence-electron chi connectivity index (χ4n) is 5.82. The van der Waals surface area contributed by atoms with Crippen LogP contribution in [0.25, 0.3) is 0 Å². The lowest BCUT2D eigenvalue weighted by Gasteiger charge is -2.47. The second kappa shape index (κ2) is 11.5. The molecule has 1 aliphatic heterocycles. The van der Waals surface area contributed by atoms with Crippen LogP contribution in [0.4, 0.5) is 0 Å². The van der Waals surface area contributed by atoms with E-state index >= 15 is 0 Å². The molecule has 0 aromatic heterocycles. The molecule has 1 heterocycles. The lowest BCUT2D eigenvalue weighted by atomic mass is 9.67. The summed E-state index contributed by atoms with van der Waals surface area (Å²) in [7, 11) is 0. The van der Waals surface area contributed by atoms with E-state index in [1.54, 1.807) is 18.2 Å². The van der Waals surface area contributed by atoms with Crippen molar-refractivity contribution in [3.8, 4) is 0 Å². The van der Waals surface area contributed by atoms with Crippen molar-refractivity contribution in [3.63, 3.8) is 0 Å². The third-order valence-corrected chi connectivity index (χ3v) is 8.81. The van der Waals surface area contributed by atoms with E-state index in [2.05, 4.69) is 37.0 Å². The van der Waals surface area contributed by atoms with Gasteiger partial charge < -0.3 is 10.2 Å². The molecule has 1 atom stereocenters. The van der Waals surface area contributed by atoms with E-state index in [9.17, 15) is 9.59 Å². The van der Waals surface area contributed by atoms with Crippen LogP contribution >= 0.6 is 11.6 Å². The standard InChI is InChI=1S/C29H39ClN6O2/c1-5-28(3,4)23-13-15-29(16-14-23)34-25(22-7-6-8-24(30)17-22)27(38)36(29)19(2)20-9-11-21(12-10-20)26(37)32-18-33-35-31/h6-12,17,19,23,33,35H,5,13-16,18,31H2,1-4H3,(H,32,37)/t19-,23?,29?/m1/s1. The highest BCUT2D eigenvalue weighted by atomic mass is 35.5. The minimum Gasteiger partial charge on any atom is -0.338 e. The topological polar surface area (TPSA) is 112 Å². The molecule has 1 aliphatic carbocycles. The first-order valence-electron chi connectivity index (χ1n) is 13.4. The molecule has 0 radical (unpaired) electrons. The van der Waals surface area contributed by atoms with Gasteiger partial charge >= 0.3 is 0 Å². The normalized spacial score (nSPS) is 22.5. The quantitative estimate of drug-likeness (QED) is 0.160. The van der Waals surface area contributed by atoms with Crippen LogP contribution in [-0.2, 0) is 4.79 Å². The monoisotopic (exact) mass is 538 g/mol. The number of rotatable bonds is 9. The Labute approximate surface area is 230 Å². The van der Waals surface area contributed by atoms with Gasteiger partial charge in [0.15, 0.2) is 0 Å². The number of nitrogens with two attached hydrogens (primary N) is 1. The van der Waals surface area contributed by atoms with Crippen LogP contribution < -0.4 is 22.1 Å². The van der Waals surface area contributed by atoms with Crippen LogP contribution in [0.3, 0.4) is 0 Å². The zero-order valence-electron chi connectivity index (χ0n) is 22.7. The van der Waals surface area contributed by atoms with Gasteiger partial charge in [0.2, 0.25) is 0 Å². The lowest BCUT2D eigenvalue weighted by Crippen LogP contribution is -2.51. The minimum absolute atomic E-state index is 0.0739. The van der Waals surface area contributed by atoms with Gasteiger partial charge in [0.25, 0.3) is 11.8 Å². The second-order valence-corrected chi connectivity index (χ2v) is 11.5. The zero-order chi connectivity index (χ0) is 27.5. The van der Waals surface area contributed by atoms with Gasteiger partial charge in [-0.05, 0) is 73.8 Å². The predicted molar refractivity (Wildman–Crippen MR) is 151 cm³/mol. The molecule has 8 nitrogen and oxygen atoms in total. The van der Waals surface area contributed by atoms with E-state index in [4.69, 9.17) is 22.4 Å². The summed E-state index contributed by atoms with van der Waals surface area (Å²) in [5.74, 6) is 5.47. The van der Waals surface area contributed by atoms with Crippen molar-refractivity contribution < 1.29 is 9.59 Å². The minimum atomic E-state index is -0.592. The van der Waals surface area contributed by atoms with Crippen LogP contribution in [0, 0.1) is 11.3 Å². The number of carbonyl (C=O) groups excluding carboxylic acids is 2. The van der Waals surface area contributed by atoms with Crippen LogP contribution in [0.5, 0.6) is 0 Å². The number of amides is 2. The van der Waals surface area contributed by atoms with Gasteiger partial charge in [-0.1, -0.05) is 63.1 Å². The number of carbonyl (C=O) groups is 2. The number of halogens is 1. The average molecular weight is 539 g/mol. The lowest BCUT2D eigenvalue weighted by molar-refractivity contribution is -0.133. The number of hydrogen-bond acceptors (Lipinski definition) is 6. The van der Waals surface area contributed by atoms with Crippen molar-refractivity contribution >= 4 is 29.1 Å². The van der Waals surface area contributed by atoms with E-state index in [-0.39, 0.29) is 29.9 Å². The van der Waals surface area contributed by atoms with E-state index in [0.717, 1.165) is 43.2 Å². The van der Waals surface area contributed by atoms with Crippen LogP contribution in [0.2, 0.25) is 5.02 Å². The van der Waals surface area contributed by atoms with Crippen molar-refractivity contribution in [1.29, 1.82) is 0 Å². The largest absolute Gasteiger partial charge is 0.338 e. The molecule has 9 heteroatoms. The molecule has 2 aliphatic rings. The molecule has 2 aromatic rings. The summed E-state index contributed by atoms with van der Waals surface area (Å²) in [6.45, 7) is 9.18. The second-order valence-electron chi connectivity index (χ2n) is 11.0. The summed E-state index contributed by atoms with van der Waals surface area (Å²) < 4.78 is 0. The van der Waals surface area contributed by atoms with Crippen LogP contribution in [0.1, 0.15) is 87.3 Å². The maximum absolute atomic E-state index is 14.0. The first-order chi connectivity index (χ1) is 18.1. The number of nitrogens with zero attached hydrogens (tertiary/aromatic N) is 2. The first kappa shape index (κ1) is 28.2. The van der Waals surface area contributed by atoms with E-state index in [0.29, 0.717) is 22.2 Å². The van der Waals surface area contributed by atoms with Gasteiger partial charge in [-0.25, -0.2) is 5.43 Å². The molecule has 5 N–H and O–H groups in total. The Balaban J connectivity index is 1.63. The average Bonchev–Trinajstić information content (AvgIpc) is 3.19. The summed E-state index contributed by atoms with van der Waals surface area (Å²) in [6, 6.07) is 14.5. The highest BCUT2D eigenvalue weighted by Crippen LogP contribution is 2.50. The molecule has 0 bridgehead atoms. The van der Waals surface area contributed by atoms with Gasteiger partial charge in [0.1, 0.15) is 11.4 Å². The van der Waals surface area contributed by atoms with E-state index in [1.807, 2.05) is 42.2 Å². The maximum atomic E-state index is 14.0. The molecule has 2 amide bonds. The Morgan fingerprint density at radius 3 is 2.50 bits per heavy atom. The van der Waals surface area contributed by atoms with Gasteiger partial charge in [-0.3, -0.25) is 20.4 Å². The first-order valence-corrected chi connectivity index (χ1v) is 13.8. The predicted octanol–water partition coefficient (Wildman–Crippen LogP) is 4.71. The fraction of sp³-hybridized carbons (Fsp3) is 0.483. The summed E-state index contributed by atoms with van der Waals surface area (Å²) in [6.07, 6.45) is 4.82. The Bertz CT molecular complexity index is 1190. The number of aliphatic imine (C=N–C) groups is 1. The molecule has 1 fully saturated rings. The molecule has 204 valence electrons. The number of hydrogen-bond donors (Lipinski definition) is 4. The van der Waals surface area contributed by atoms with Gasteiger partial charge in [0.05, 0.1) is 12.7 Å².